The van der Waals surface area contributed by atoms with E-state index in [0.717, 1.165) is 132 Å². The minimum Gasteiger partial charge on any atom is -0.463 e. The monoisotopic (exact) mass is 1860 g/mol. The molecular formula is C76H103N3O50. The lowest BCUT2D eigenvalue weighted by Crippen LogP contribution is -2.66. The Morgan fingerprint density at radius 3 is 0.488 bits per heavy atom. The second-order valence-corrected chi connectivity index (χ2v) is 28.9. The predicted octanol–water partition coefficient (Wildman–Crippen LogP) is -1.92. The van der Waals surface area contributed by atoms with Crippen LogP contribution in [0.4, 0.5) is 0 Å². The molecule has 15 unspecified atom stereocenters. The van der Waals surface area contributed by atoms with Gasteiger partial charge in [-0.15, -0.1) is 0 Å². The van der Waals surface area contributed by atoms with Crippen LogP contribution in [0.2, 0.25) is 0 Å². The van der Waals surface area contributed by atoms with Crippen molar-refractivity contribution in [3.63, 3.8) is 0 Å². The third kappa shape index (κ3) is 32.7. The second-order valence-electron chi connectivity index (χ2n) is 28.9. The fraction of sp³-hybridized carbons (Fsp3) is 0.750. The molecule has 0 amide bonds. The molecule has 0 aromatic rings. The van der Waals surface area contributed by atoms with Gasteiger partial charge < -0.3 is 147 Å². The van der Waals surface area contributed by atoms with Crippen molar-refractivity contribution in [2.24, 2.45) is 5.11 Å². The highest BCUT2D eigenvalue weighted by Crippen LogP contribution is 2.40. The standard InChI is InChI=1S/C76H103N3O50/c1-28(80)100-22-47-53(106-29(2)81)60(113-36(9)88)66(119-42(15)94)72(125-47)102-24-49-55(108-31(4)83)62(115-38(11)90)68(121-44(17)96)74(127-49)104-26-51-57(110-33(6)85)64(117-40(13)92)70(123-46(19)98)76(129-51)105-27-52-58(111-34(7)86)63(116-39(12)91)69(122-45(18)97)75(128-52)103-25-50-56(109-32(5)84)61(114-37(10)89)67(120-43(16)95)73(126-50)101-23-48-54(107-30(3)82)59(112-35(8)87)65(118-41(14)93)71(124-48)99-21-20-78-79-77/h47-76H,20-27H2,1-19H3/t47-,48?,49?,50-,51-,52?,53?,54-,55-,56?,57?,58-,59?,60+,61+,62?,63?,64+,65-,66?,67?,68-,69-,70?,71?,72-,73-,74?,75?,76-/m1/s1. The van der Waals surface area contributed by atoms with Crippen molar-refractivity contribution in [1.29, 1.82) is 0 Å². The summed E-state index contributed by atoms with van der Waals surface area (Å²) in [6, 6.07) is 0. The summed E-state index contributed by atoms with van der Waals surface area (Å²) < 4.78 is 182. The molecule has 53 nitrogen and oxygen atoms in total. The quantitative estimate of drug-likeness (QED) is 0.0162. The van der Waals surface area contributed by atoms with E-state index in [1.54, 1.807) is 0 Å². The first kappa shape index (κ1) is 107. The van der Waals surface area contributed by atoms with E-state index in [4.69, 9.17) is 152 Å². The number of esters is 19. The minimum atomic E-state index is -2.24. The number of carbonyl (C=O) groups excluding carboxylic acids is 19. The fourth-order valence-electron chi connectivity index (χ4n) is 14.1. The highest BCUT2D eigenvalue weighted by atomic mass is 16.8. The molecule has 30 atom stereocenters. The van der Waals surface area contributed by atoms with Crippen molar-refractivity contribution in [3.8, 4) is 0 Å². The van der Waals surface area contributed by atoms with E-state index >= 15 is 0 Å². The van der Waals surface area contributed by atoms with Crippen molar-refractivity contribution in [1.82, 2.24) is 0 Å². The number of hydrogen-bond donors (Lipinski definition) is 0. The Bertz CT molecular complexity index is 4010. The van der Waals surface area contributed by atoms with Crippen LogP contribution < -0.4 is 0 Å². The van der Waals surface area contributed by atoms with Crippen LogP contribution >= 0.6 is 0 Å². The van der Waals surface area contributed by atoms with Gasteiger partial charge in [-0.1, -0.05) is 5.11 Å². The van der Waals surface area contributed by atoms with E-state index in [2.05, 4.69) is 10.0 Å². The molecule has 0 radical (unpaired) electrons. The van der Waals surface area contributed by atoms with Gasteiger partial charge in [0.25, 0.3) is 0 Å². The Balaban J connectivity index is 1.46. The van der Waals surface area contributed by atoms with E-state index in [1.807, 2.05) is 0 Å². The third-order valence-electron chi connectivity index (χ3n) is 18.1. The Morgan fingerprint density at radius 1 is 0.202 bits per heavy atom. The lowest BCUT2D eigenvalue weighted by Gasteiger charge is -2.48. The van der Waals surface area contributed by atoms with Gasteiger partial charge in [-0.2, -0.15) is 0 Å². The third-order valence-corrected chi connectivity index (χ3v) is 18.1. The molecule has 0 bridgehead atoms. The van der Waals surface area contributed by atoms with E-state index in [-0.39, 0.29) is 6.54 Å². The van der Waals surface area contributed by atoms with Crippen LogP contribution in [0.1, 0.15) is 132 Å². The molecule has 6 aliphatic heterocycles. The Labute approximate surface area is 733 Å². The number of hydrogen-bond acceptors (Lipinski definition) is 51. The van der Waals surface area contributed by atoms with E-state index in [0.29, 0.717) is 0 Å². The molecule has 129 heavy (non-hydrogen) atoms. The minimum absolute atomic E-state index is 0.353. The normalized spacial score (nSPS) is 32.2. The van der Waals surface area contributed by atoms with Crippen LogP contribution in [0, 0.1) is 0 Å². The second kappa shape index (κ2) is 50.1. The van der Waals surface area contributed by atoms with Crippen LogP contribution in [-0.2, 0) is 238 Å². The Kier molecular flexibility index (Phi) is 41.4. The average Bonchev–Trinajstić information content (AvgIpc) is 0.738. The number of carbonyl (C=O) groups is 19. The highest BCUT2D eigenvalue weighted by Gasteiger charge is 2.62. The summed E-state index contributed by atoms with van der Waals surface area (Å²) in [6.45, 7) is 10.4. The van der Waals surface area contributed by atoms with Crippen LogP contribution in [-0.4, -0.2) is 350 Å². The van der Waals surface area contributed by atoms with Crippen LogP contribution in [0.3, 0.4) is 0 Å². The maximum absolute atomic E-state index is 13.4. The van der Waals surface area contributed by atoms with Gasteiger partial charge in [0.15, 0.2) is 148 Å². The van der Waals surface area contributed by atoms with Gasteiger partial charge in [-0.25, -0.2) is 0 Å². The number of ether oxygens (including phenoxy) is 31. The zero-order valence-corrected chi connectivity index (χ0v) is 73.2. The predicted molar refractivity (Wildman–Crippen MR) is 398 cm³/mol. The lowest BCUT2D eigenvalue weighted by atomic mass is 9.96. The molecule has 6 fully saturated rings. The molecule has 722 valence electrons. The van der Waals surface area contributed by atoms with Crippen LogP contribution in [0.5, 0.6) is 0 Å². The molecular weight excluding hydrogens is 1750 g/mol. The van der Waals surface area contributed by atoms with Gasteiger partial charge in [0.2, 0.25) is 0 Å². The molecule has 0 aromatic carbocycles. The van der Waals surface area contributed by atoms with Gasteiger partial charge in [0.1, 0.15) is 43.2 Å². The summed E-state index contributed by atoms with van der Waals surface area (Å²) in [5, 5.41) is 3.39. The maximum atomic E-state index is 13.4. The molecule has 0 aromatic heterocycles. The smallest absolute Gasteiger partial charge is 0.303 e. The summed E-state index contributed by atoms with van der Waals surface area (Å²) in [4.78, 5) is 251. The van der Waals surface area contributed by atoms with Gasteiger partial charge in [-0.3, -0.25) is 91.1 Å². The summed E-state index contributed by atoms with van der Waals surface area (Å²) in [7, 11) is 0. The van der Waals surface area contributed by atoms with Gasteiger partial charge in [0.05, 0.1) is 39.6 Å². The van der Waals surface area contributed by atoms with E-state index < -0.39 is 344 Å². The lowest BCUT2D eigenvalue weighted by molar-refractivity contribution is -0.354. The van der Waals surface area contributed by atoms with E-state index in [9.17, 15) is 91.1 Å². The summed E-state index contributed by atoms with van der Waals surface area (Å²) in [5.41, 5.74) is 8.98. The first-order valence-electron chi connectivity index (χ1n) is 39.4. The van der Waals surface area contributed by atoms with Crippen molar-refractivity contribution < 1.29 is 238 Å². The largest absolute Gasteiger partial charge is 0.463 e. The number of rotatable bonds is 39. The topological polar surface area (TPSA) is 659 Å². The molecule has 0 saturated carbocycles. The average molecular weight is 1860 g/mol. The summed E-state index contributed by atoms with van der Waals surface area (Å²) >= 11 is 0. The van der Waals surface area contributed by atoms with Gasteiger partial charge in [-0.05, 0) is 5.53 Å². The first-order chi connectivity index (χ1) is 60.5. The molecule has 0 N–H and O–H groups in total. The van der Waals surface area contributed by atoms with Crippen LogP contribution in [0.15, 0.2) is 5.11 Å². The Hall–Kier alpha value is -11.2. The molecule has 0 aliphatic carbocycles. The molecule has 0 spiro atoms. The number of nitrogens with zero attached hydrogens (tertiary/aromatic N) is 3. The zero-order valence-electron chi connectivity index (χ0n) is 73.2. The number of azide groups is 1. The Morgan fingerprint density at radius 2 is 0.341 bits per heavy atom. The molecule has 6 aliphatic rings. The van der Waals surface area contributed by atoms with Crippen LogP contribution in [0.25, 0.3) is 10.4 Å². The summed E-state index contributed by atoms with van der Waals surface area (Å²) in [6.07, 6.45) is -58.9. The van der Waals surface area contributed by atoms with Crippen molar-refractivity contribution >= 4 is 113 Å². The van der Waals surface area contributed by atoms with Crippen molar-refractivity contribution in [2.75, 3.05) is 52.8 Å². The highest BCUT2D eigenvalue weighted by molar-refractivity contribution is 5.74. The SMILES string of the molecule is CC(=O)OC[C@H]1O[C@@H](OCC2OC(OC[C@H]3O[C@@H](OCC4OC(OC[C@H]5O[C@@H](OCC6OC(OCCN=[N+]=[N-])[C@H](OC(C)=O)C(OC(C)=O)[C@@H]6OC(C)=O)C(OC(C)=O)[C@@H](OC(C)=O)C5OC(C)=O)[C@H](OC(C)=O)C(OC(C)=O)[C@@H]4OC(C)=O)C(OC(C)=O)[C@@H](OC(C)=O)C3OC(C)=O)[C@H](OC(C)=O)C(OC(C)=O)[C@@H]2OC(C)=O)C(OC(C)=O)[C@@H](OC(C)=O)C1OC(C)=O. The molecule has 6 saturated heterocycles. The molecule has 6 heterocycles. The van der Waals surface area contributed by atoms with Gasteiger partial charge >= 0.3 is 113 Å². The summed E-state index contributed by atoms with van der Waals surface area (Å²) in [5.74, 6) is -20.9. The first-order valence-corrected chi connectivity index (χ1v) is 39.4. The zero-order chi connectivity index (χ0) is 96.3. The fourth-order valence-corrected chi connectivity index (χ4v) is 14.1. The maximum Gasteiger partial charge on any atom is 0.303 e. The van der Waals surface area contributed by atoms with Crippen molar-refractivity contribution in [2.45, 2.75) is 316 Å². The molecule has 6 rings (SSSR count). The molecule has 53 heteroatoms. The van der Waals surface area contributed by atoms with E-state index in [1.165, 1.54) is 0 Å². The van der Waals surface area contributed by atoms with Crippen molar-refractivity contribution in [3.05, 3.63) is 10.4 Å². The van der Waals surface area contributed by atoms with Gasteiger partial charge in [0, 0.05) is 143 Å².